The lowest BCUT2D eigenvalue weighted by atomic mass is 10.2. The van der Waals surface area contributed by atoms with E-state index in [-0.39, 0.29) is 22.9 Å². The average molecular weight is 311 g/mol. The van der Waals surface area contributed by atoms with Crippen molar-refractivity contribution in [2.45, 2.75) is 6.54 Å². The van der Waals surface area contributed by atoms with Crippen LogP contribution in [0.25, 0.3) is 0 Å². The van der Waals surface area contributed by atoms with Gasteiger partial charge < -0.3 is 10.1 Å². The number of nitro groups is 1. The van der Waals surface area contributed by atoms with Crippen molar-refractivity contribution in [1.82, 2.24) is 0 Å². The van der Waals surface area contributed by atoms with Crippen molar-refractivity contribution in [3.8, 4) is 5.75 Å². The molecule has 0 aromatic heterocycles. The molecule has 110 valence electrons. The highest BCUT2D eigenvalue weighted by Crippen LogP contribution is 2.31. The Morgan fingerprint density at radius 3 is 2.76 bits per heavy atom. The van der Waals surface area contributed by atoms with E-state index in [1.807, 2.05) is 18.2 Å². The summed E-state index contributed by atoms with van der Waals surface area (Å²) in [4.78, 5) is 10.3. The van der Waals surface area contributed by atoms with Crippen molar-refractivity contribution in [2.75, 3.05) is 12.4 Å². The fourth-order valence-corrected chi connectivity index (χ4v) is 2.03. The number of ether oxygens (including phenoxy) is 1. The van der Waals surface area contributed by atoms with Gasteiger partial charge >= 0.3 is 0 Å². The highest BCUT2D eigenvalue weighted by atomic mass is 35.5. The van der Waals surface area contributed by atoms with E-state index in [9.17, 15) is 14.5 Å². The molecule has 0 atom stereocenters. The maximum Gasteiger partial charge on any atom is 0.295 e. The number of rotatable bonds is 5. The molecule has 2 aromatic rings. The maximum absolute atomic E-state index is 13.3. The summed E-state index contributed by atoms with van der Waals surface area (Å²) in [5.41, 5.74) is 0.596. The van der Waals surface area contributed by atoms with Gasteiger partial charge in [-0.05, 0) is 12.1 Å². The van der Waals surface area contributed by atoms with Crippen molar-refractivity contribution in [2.24, 2.45) is 0 Å². The van der Waals surface area contributed by atoms with Crippen LogP contribution in [-0.2, 0) is 6.54 Å². The van der Waals surface area contributed by atoms with E-state index in [2.05, 4.69) is 5.32 Å². The Labute approximate surface area is 125 Å². The smallest absolute Gasteiger partial charge is 0.295 e. The Morgan fingerprint density at radius 2 is 2.10 bits per heavy atom. The SMILES string of the molecule is COc1ccccc1CNc1cc(Cl)c(F)cc1[N+](=O)[O-]. The molecule has 0 amide bonds. The topological polar surface area (TPSA) is 64.4 Å². The zero-order valence-electron chi connectivity index (χ0n) is 11.1. The molecule has 7 heteroatoms. The molecule has 0 aliphatic heterocycles. The van der Waals surface area contributed by atoms with Crippen LogP contribution in [0.5, 0.6) is 5.75 Å². The Morgan fingerprint density at radius 1 is 1.38 bits per heavy atom. The monoisotopic (exact) mass is 310 g/mol. The summed E-state index contributed by atoms with van der Waals surface area (Å²) in [5.74, 6) is -0.174. The highest BCUT2D eigenvalue weighted by Gasteiger charge is 2.18. The van der Waals surface area contributed by atoms with E-state index in [1.165, 1.54) is 13.2 Å². The molecule has 0 spiro atoms. The van der Waals surface area contributed by atoms with Crippen LogP contribution in [0.15, 0.2) is 36.4 Å². The van der Waals surface area contributed by atoms with Gasteiger partial charge in [0.1, 0.15) is 17.3 Å². The number of nitrogens with one attached hydrogen (secondary N) is 1. The first-order valence-electron chi connectivity index (χ1n) is 6.02. The first kappa shape index (κ1) is 15.1. The van der Waals surface area contributed by atoms with Crippen molar-refractivity contribution < 1.29 is 14.1 Å². The van der Waals surface area contributed by atoms with Gasteiger partial charge in [0.15, 0.2) is 0 Å². The number of halogens is 2. The number of nitrogens with zero attached hydrogens (tertiary/aromatic N) is 1. The second kappa shape index (κ2) is 6.41. The van der Waals surface area contributed by atoms with Crippen LogP contribution < -0.4 is 10.1 Å². The summed E-state index contributed by atoms with van der Waals surface area (Å²) in [5, 5.41) is 13.7. The van der Waals surface area contributed by atoms with Crippen LogP contribution in [0.1, 0.15) is 5.56 Å². The fourth-order valence-electron chi connectivity index (χ4n) is 1.87. The molecule has 1 N–H and O–H groups in total. The van der Waals surface area contributed by atoms with Gasteiger partial charge in [0.2, 0.25) is 0 Å². The zero-order valence-corrected chi connectivity index (χ0v) is 11.9. The highest BCUT2D eigenvalue weighted by molar-refractivity contribution is 6.31. The van der Waals surface area contributed by atoms with E-state index in [1.54, 1.807) is 6.07 Å². The molecular weight excluding hydrogens is 299 g/mol. The summed E-state index contributed by atoms with van der Waals surface area (Å²) >= 11 is 5.67. The summed E-state index contributed by atoms with van der Waals surface area (Å²) in [6.07, 6.45) is 0. The quantitative estimate of drug-likeness (QED) is 0.669. The molecule has 0 fully saturated rings. The standard InChI is InChI=1S/C14H12ClFN2O3/c1-21-14-5-3-2-4-9(14)8-17-12-6-10(15)11(16)7-13(12)18(19)20/h2-7,17H,8H2,1H3. The summed E-state index contributed by atoms with van der Waals surface area (Å²) in [6, 6.07) is 9.24. The van der Waals surface area contributed by atoms with Crippen LogP contribution in [0.4, 0.5) is 15.8 Å². The van der Waals surface area contributed by atoms with Gasteiger partial charge in [-0.3, -0.25) is 10.1 Å². The zero-order chi connectivity index (χ0) is 15.4. The minimum Gasteiger partial charge on any atom is -0.496 e. The number of anilines is 1. The Bertz CT molecular complexity index is 679. The molecule has 0 unspecified atom stereocenters. The molecule has 0 aliphatic carbocycles. The molecule has 2 rings (SSSR count). The second-order valence-corrected chi connectivity index (χ2v) is 4.61. The lowest BCUT2D eigenvalue weighted by molar-refractivity contribution is -0.384. The van der Waals surface area contributed by atoms with Crippen molar-refractivity contribution >= 4 is 23.0 Å². The van der Waals surface area contributed by atoms with Crippen LogP contribution in [0.3, 0.4) is 0 Å². The second-order valence-electron chi connectivity index (χ2n) is 4.21. The number of hydrogen-bond acceptors (Lipinski definition) is 4. The minimum atomic E-state index is -0.828. The van der Waals surface area contributed by atoms with Gasteiger partial charge in [-0.15, -0.1) is 0 Å². The predicted molar refractivity (Wildman–Crippen MR) is 78.4 cm³/mol. The number of hydrogen-bond donors (Lipinski definition) is 1. The number of nitro benzene ring substituents is 1. The molecule has 5 nitrogen and oxygen atoms in total. The van der Waals surface area contributed by atoms with Crippen LogP contribution in [-0.4, -0.2) is 12.0 Å². The largest absolute Gasteiger partial charge is 0.496 e. The first-order chi connectivity index (χ1) is 10.0. The molecule has 0 radical (unpaired) electrons. The van der Waals surface area contributed by atoms with Crippen molar-refractivity contribution in [3.05, 3.63) is 62.9 Å². The number of benzene rings is 2. The van der Waals surface area contributed by atoms with Gasteiger partial charge in [-0.1, -0.05) is 29.8 Å². The molecule has 0 bridgehead atoms. The Hall–Kier alpha value is -2.34. The van der Waals surface area contributed by atoms with E-state index in [0.717, 1.165) is 11.6 Å². The predicted octanol–water partition coefficient (Wildman–Crippen LogP) is 4.01. The number of para-hydroxylation sites is 1. The molecule has 0 saturated carbocycles. The third-order valence-corrected chi connectivity index (χ3v) is 3.19. The molecule has 0 heterocycles. The minimum absolute atomic E-state index is 0.150. The summed E-state index contributed by atoms with van der Waals surface area (Å²) < 4.78 is 18.5. The normalized spacial score (nSPS) is 10.2. The molecule has 0 aliphatic rings. The van der Waals surface area contributed by atoms with E-state index < -0.39 is 10.7 Å². The lowest BCUT2D eigenvalue weighted by Gasteiger charge is -2.11. The molecular formula is C14H12ClFN2O3. The van der Waals surface area contributed by atoms with Gasteiger partial charge in [-0.25, -0.2) is 4.39 Å². The van der Waals surface area contributed by atoms with Crippen LogP contribution in [0.2, 0.25) is 5.02 Å². The van der Waals surface area contributed by atoms with Gasteiger partial charge in [0, 0.05) is 12.1 Å². The van der Waals surface area contributed by atoms with Crippen molar-refractivity contribution in [3.63, 3.8) is 0 Å². The third kappa shape index (κ3) is 3.41. The van der Waals surface area contributed by atoms with E-state index >= 15 is 0 Å². The van der Waals surface area contributed by atoms with E-state index in [4.69, 9.17) is 16.3 Å². The van der Waals surface area contributed by atoms with Crippen LogP contribution in [0, 0.1) is 15.9 Å². The summed E-state index contributed by atoms with van der Waals surface area (Å²) in [7, 11) is 1.54. The van der Waals surface area contributed by atoms with E-state index in [0.29, 0.717) is 5.75 Å². The Kier molecular flexibility index (Phi) is 4.59. The third-order valence-electron chi connectivity index (χ3n) is 2.90. The Balaban J connectivity index is 2.27. The molecule has 21 heavy (non-hydrogen) atoms. The summed E-state index contributed by atoms with van der Waals surface area (Å²) in [6.45, 7) is 0.285. The molecule has 0 saturated heterocycles. The lowest BCUT2D eigenvalue weighted by Crippen LogP contribution is -2.04. The van der Waals surface area contributed by atoms with Crippen molar-refractivity contribution in [1.29, 1.82) is 0 Å². The van der Waals surface area contributed by atoms with Gasteiger partial charge in [-0.2, -0.15) is 0 Å². The average Bonchev–Trinajstić information content (AvgIpc) is 2.48. The maximum atomic E-state index is 13.3. The number of methoxy groups -OCH3 is 1. The van der Waals surface area contributed by atoms with Crippen LogP contribution >= 0.6 is 11.6 Å². The fraction of sp³-hybridized carbons (Fsp3) is 0.143. The first-order valence-corrected chi connectivity index (χ1v) is 6.40. The van der Waals surface area contributed by atoms with Gasteiger partial charge in [0.25, 0.3) is 5.69 Å². The molecule has 2 aromatic carbocycles. The van der Waals surface area contributed by atoms with Gasteiger partial charge in [0.05, 0.1) is 23.1 Å².